The van der Waals surface area contributed by atoms with E-state index in [0.717, 1.165) is 6.07 Å². The summed E-state index contributed by atoms with van der Waals surface area (Å²) >= 11 is 0. The zero-order valence-corrected chi connectivity index (χ0v) is 13.7. The van der Waals surface area contributed by atoms with Crippen molar-refractivity contribution in [3.05, 3.63) is 29.6 Å². The Kier molecular flexibility index (Phi) is 8.30. The molecule has 0 bridgehead atoms. The molecule has 1 saturated heterocycles. The van der Waals surface area contributed by atoms with Crippen molar-refractivity contribution < 1.29 is 27.4 Å². The fourth-order valence-corrected chi connectivity index (χ4v) is 2.50. The number of hydrogen-bond donors (Lipinski definition) is 2. The molecular formula is C15H20ClF3N2O3. The van der Waals surface area contributed by atoms with Gasteiger partial charge >= 0.3 is 6.61 Å². The summed E-state index contributed by atoms with van der Waals surface area (Å²) in [7, 11) is 0. The summed E-state index contributed by atoms with van der Waals surface area (Å²) in [5.74, 6) is -1.51. The van der Waals surface area contributed by atoms with E-state index in [4.69, 9.17) is 10.5 Å². The average Bonchev–Trinajstić information content (AvgIpc) is 2.53. The topological polar surface area (TPSA) is 73.6 Å². The Morgan fingerprint density at radius 2 is 2.04 bits per heavy atom. The van der Waals surface area contributed by atoms with Gasteiger partial charge in [0.15, 0.2) is 0 Å². The number of hydrogen-bond acceptors (Lipinski definition) is 4. The molecule has 1 aromatic carbocycles. The lowest BCUT2D eigenvalue weighted by atomic mass is 9.92. The summed E-state index contributed by atoms with van der Waals surface area (Å²) in [6, 6.07) is 2.84. The van der Waals surface area contributed by atoms with Gasteiger partial charge in [-0.25, -0.2) is 4.39 Å². The number of benzene rings is 1. The van der Waals surface area contributed by atoms with Crippen LogP contribution in [0.25, 0.3) is 0 Å². The number of rotatable bonds is 6. The van der Waals surface area contributed by atoms with Crippen LogP contribution in [0.5, 0.6) is 5.75 Å². The van der Waals surface area contributed by atoms with E-state index in [1.807, 2.05) is 0 Å². The molecule has 1 aromatic rings. The molecule has 2 rings (SSSR count). The lowest BCUT2D eigenvalue weighted by molar-refractivity contribution is -0.124. The molecule has 5 nitrogen and oxygen atoms in total. The molecule has 1 aliphatic heterocycles. The molecule has 136 valence electrons. The van der Waals surface area contributed by atoms with Gasteiger partial charge in [-0.3, -0.25) is 4.79 Å². The van der Waals surface area contributed by atoms with E-state index >= 15 is 0 Å². The van der Waals surface area contributed by atoms with Crippen molar-refractivity contribution in [1.29, 1.82) is 0 Å². The Hall–Kier alpha value is -1.51. The third kappa shape index (κ3) is 5.54. The van der Waals surface area contributed by atoms with Gasteiger partial charge in [0.1, 0.15) is 11.6 Å². The van der Waals surface area contributed by atoms with Gasteiger partial charge in [0.05, 0.1) is 6.04 Å². The van der Waals surface area contributed by atoms with Crippen LogP contribution >= 0.6 is 12.4 Å². The summed E-state index contributed by atoms with van der Waals surface area (Å²) in [5.41, 5.74) is 5.76. The zero-order valence-electron chi connectivity index (χ0n) is 12.8. The number of halogens is 4. The van der Waals surface area contributed by atoms with E-state index in [-0.39, 0.29) is 36.2 Å². The molecule has 1 atom stereocenters. The third-order valence-electron chi connectivity index (χ3n) is 3.81. The quantitative estimate of drug-likeness (QED) is 0.807. The van der Waals surface area contributed by atoms with Crippen molar-refractivity contribution in [2.75, 3.05) is 13.2 Å². The molecule has 9 heteroatoms. The Bertz CT molecular complexity index is 543. The minimum absolute atomic E-state index is 0. The second kappa shape index (κ2) is 9.71. The number of nitrogens with one attached hydrogen (secondary N) is 1. The Labute approximate surface area is 144 Å². The molecule has 0 aromatic heterocycles. The summed E-state index contributed by atoms with van der Waals surface area (Å²) in [6.45, 7) is -2.25. The van der Waals surface area contributed by atoms with Crippen molar-refractivity contribution >= 4 is 18.3 Å². The van der Waals surface area contributed by atoms with Crippen LogP contribution in [0.2, 0.25) is 0 Å². The summed E-state index contributed by atoms with van der Waals surface area (Å²) in [5, 5.41) is 2.48. The molecule has 0 saturated carbocycles. The number of carbonyl (C=O) groups is 1. The van der Waals surface area contributed by atoms with E-state index in [0.29, 0.717) is 26.1 Å². The SMILES string of the molecule is Cl.NC(C(=O)NCc1c(F)cccc1OC(F)F)C1CCOCC1. The van der Waals surface area contributed by atoms with Crippen LogP contribution in [0.4, 0.5) is 13.2 Å². The van der Waals surface area contributed by atoms with Gasteiger partial charge in [-0.05, 0) is 30.9 Å². The molecular weight excluding hydrogens is 349 g/mol. The summed E-state index contributed by atoms with van der Waals surface area (Å²) in [6.07, 6.45) is 1.35. The lowest BCUT2D eigenvalue weighted by Gasteiger charge is -2.26. The normalized spacial score (nSPS) is 16.4. The molecule has 1 fully saturated rings. The van der Waals surface area contributed by atoms with Gasteiger partial charge in [-0.15, -0.1) is 12.4 Å². The maximum atomic E-state index is 13.8. The molecule has 1 aliphatic rings. The number of nitrogens with two attached hydrogens (primary N) is 1. The van der Waals surface area contributed by atoms with Crippen molar-refractivity contribution in [2.45, 2.75) is 32.0 Å². The lowest BCUT2D eigenvalue weighted by Crippen LogP contribution is -2.46. The average molecular weight is 369 g/mol. The van der Waals surface area contributed by atoms with Gasteiger partial charge in [-0.2, -0.15) is 8.78 Å². The first-order valence-corrected chi connectivity index (χ1v) is 7.32. The molecule has 0 spiro atoms. The van der Waals surface area contributed by atoms with E-state index in [2.05, 4.69) is 10.1 Å². The second-order valence-corrected chi connectivity index (χ2v) is 5.29. The Balaban J connectivity index is 0.00000288. The van der Waals surface area contributed by atoms with Crippen LogP contribution < -0.4 is 15.8 Å². The standard InChI is InChI=1S/C15H19F3N2O3.ClH/c16-11-2-1-3-12(23-15(17)18)10(11)8-20-14(21)13(19)9-4-6-22-7-5-9;/h1-3,9,13,15H,4-8,19H2,(H,20,21);1H. The highest BCUT2D eigenvalue weighted by atomic mass is 35.5. The fraction of sp³-hybridized carbons (Fsp3) is 0.533. The van der Waals surface area contributed by atoms with Crippen LogP contribution in [0.15, 0.2) is 18.2 Å². The van der Waals surface area contributed by atoms with Crippen molar-refractivity contribution in [1.82, 2.24) is 5.32 Å². The minimum atomic E-state index is -3.07. The number of amides is 1. The first-order chi connectivity index (χ1) is 11.0. The molecule has 0 aliphatic carbocycles. The van der Waals surface area contributed by atoms with Crippen molar-refractivity contribution in [3.63, 3.8) is 0 Å². The van der Waals surface area contributed by atoms with Crippen LogP contribution in [-0.4, -0.2) is 31.8 Å². The maximum absolute atomic E-state index is 13.8. The highest BCUT2D eigenvalue weighted by Gasteiger charge is 2.26. The monoisotopic (exact) mass is 368 g/mol. The van der Waals surface area contributed by atoms with Gasteiger partial charge in [-0.1, -0.05) is 6.07 Å². The first-order valence-electron chi connectivity index (χ1n) is 7.32. The fourth-order valence-electron chi connectivity index (χ4n) is 2.50. The van der Waals surface area contributed by atoms with Gasteiger partial charge in [0, 0.05) is 25.3 Å². The predicted octanol–water partition coefficient (Wildman–Crippen LogP) is 2.22. The first kappa shape index (κ1) is 20.5. The third-order valence-corrected chi connectivity index (χ3v) is 3.81. The highest BCUT2D eigenvalue weighted by molar-refractivity contribution is 5.85. The second-order valence-electron chi connectivity index (χ2n) is 5.29. The summed E-state index contributed by atoms with van der Waals surface area (Å²) in [4.78, 5) is 12.1. The number of alkyl halides is 2. The Morgan fingerprint density at radius 1 is 1.38 bits per heavy atom. The number of ether oxygens (including phenoxy) is 2. The maximum Gasteiger partial charge on any atom is 0.387 e. The zero-order chi connectivity index (χ0) is 16.8. The van der Waals surface area contributed by atoms with E-state index < -0.39 is 24.4 Å². The van der Waals surface area contributed by atoms with Crippen LogP contribution in [0.1, 0.15) is 18.4 Å². The molecule has 0 radical (unpaired) electrons. The molecule has 1 unspecified atom stereocenters. The van der Waals surface area contributed by atoms with Crippen LogP contribution in [0, 0.1) is 11.7 Å². The predicted molar refractivity (Wildman–Crippen MR) is 83.6 cm³/mol. The van der Waals surface area contributed by atoms with Crippen molar-refractivity contribution in [2.24, 2.45) is 11.7 Å². The van der Waals surface area contributed by atoms with Gasteiger partial charge in [0.2, 0.25) is 5.91 Å². The number of carbonyl (C=O) groups excluding carboxylic acids is 1. The summed E-state index contributed by atoms with van der Waals surface area (Å²) < 4.78 is 47.9. The van der Waals surface area contributed by atoms with Crippen LogP contribution in [0.3, 0.4) is 0 Å². The van der Waals surface area contributed by atoms with Crippen molar-refractivity contribution in [3.8, 4) is 5.75 Å². The van der Waals surface area contributed by atoms with E-state index in [1.54, 1.807) is 0 Å². The largest absolute Gasteiger partial charge is 0.434 e. The van der Waals surface area contributed by atoms with Gasteiger partial charge < -0.3 is 20.5 Å². The smallest absolute Gasteiger partial charge is 0.387 e. The van der Waals surface area contributed by atoms with E-state index in [9.17, 15) is 18.0 Å². The molecule has 24 heavy (non-hydrogen) atoms. The molecule has 1 amide bonds. The van der Waals surface area contributed by atoms with Crippen LogP contribution in [-0.2, 0) is 16.1 Å². The van der Waals surface area contributed by atoms with E-state index in [1.165, 1.54) is 12.1 Å². The Morgan fingerprint density at radius 3 is 2.67 bits per heavy atom. The minimum Gasteiger partial charge on any atom is -0.434 e. The highest BCUT2D eigenvalue weighted by Crippen LogP contribution is 2.23. The molecule has 1 heterocycles. The molecule has 3 N–H and O–H groups in total. The van der Waals surface area contributed by atoms with Gasteiger partial charge in [0.25, 0.3) is 0 Å².